The summed E-state index contributed by atoms with van der Waals surface area (Å²) < 4.78 is 45.1. The van der Waals surface area contributed by atoms with Gasteiger partial charge in [-0.3, -0.25) is 4.79 Å². The Morgan fingerprint density at radius 3 is 2.19 bits per heavy atom. The van der Waals surface area contributed by atoms with E-state index in [1.165, 1.54) is 5.32 Å². The number of aliphatic carboxylic acids is 1. The van der Waals surface area contributed by atoms with E-state index in [4.69, 9.17) is 5.11 Å². The van der Waals surface area contributed by atoms with Crippen LogP contribution in [0.5, 0.6) is 0 Å². The van der Waals surface area contributed by atoms with Crippen molar-refractivity contribution in [1.82, 2.24) is 5.32 Å². The fourth-order valence-electron chi connectivity index (χ4n) is 0.824. The summed E-state index contributed by atoms with van der Waals surface area (Å²) in [6, 6.07) is -1.63. The maximum Gasteiger partial charge on any atom is 0.326 e. The molecule has 0 saturated heterocycles. The molecule has 0 saturated carbocycles. The van der Waals surface area contributed by atoms with Gasteiger partial charge in [0.05, 0.1) is 5.75 Å². The molecule has 0 radical (unpaired) electrons. The van der Waals surface area contributed by atoms with Crippen LogP contribution in [-0.2, 0) is 19.4 Å². The molecule has 0 fully saturated rings. The SMILES string of the molecule is CS(=O)(=O)CCC(NC(=O)C(F)F)C(=O)O. The third kappa shape index (κ3) is 6.27. The third-order valence-corrected chi connectivity index (χ3v) is 2.57. The van der Waals surface area contributed by atoms with Crippen LogP contribution in [0.2, 0.25) is 0 Å². The van der Waals surface area contributed by atoms with E-state index in [-0.39, 0.29) is 0 Å². The maximum absolute atomic E-state index is 11.8. The molecule has 0 rings (SSSR count). The van der Waals surface area contributed by atoms with Gasteiger partial charge in [0.2, 0.25) is 0 Å². The average Bonchev–Trinajstić information content (AvgIpc) is 2.09. The molecular formula is C7H11F2NO5S. The molecule has 2 N–H and O–H groups in total. The molecule has 0 aliphatic rings. The minimum Gasteiger partial charge on any atom is -0.480 e. The number of nitrogens with one attached hydrogen (secondary N) is 1. The molecule has 1 atom stereocenters. The van der Waals surface area contributed by atoms with Crippen molar-refractivity contribution < 1.29 is 31.9 Å². The molecule has 0 heterocycles. The van der Waals surface area contributed by atoms with Crippen molar-refractivity contribution in [2.24, 2.45) is 0 Å². The molecule has 0 aromatic heterocycles. The predicted molar refractivity (Wildman–Crippen MR) is 49.9 cm³/mol. The van der Waals surface area contributed by atoms with E-state index in [0.29, 0.717) is 0 Å². The molecule has 0 aromatic rings. The molecule has 6 nitrogen and oxygen atoms in total. The molecule has 1 unspecified atom stereocenters. The summed E-state index contributed by atoms with van der Waals surface area (Å²) in [5.74, 6) is -3.80. The first-order chi connectivity index (χ1) is 7.13. The smallest absolute Gasteiger partial charge is 0.326 e. The van der Waals surface area contributed by atoms with E-state index in [2.05, 4.69) is 0 Å². The second-order valence-corrected chi connectivity index (χ2v) is 5.38. The van der Waals surface area contributed by atoms with E-state index in [1.807, 2.05) is 0 Å². The zero-order valence-corrected chi connectivity index (χ0v) is 9.13. The van der Waals surface area contributed by atoms with Gasteiger partial charge in [-0.05, 0) is 6.42 Å². The Kier molecular flexibility index (Phi) is 5.28. The summed E-state index contributed by atoms with van der Waals surface area (Å²) in [7, 11) is -3.41. The van der Waals surface area contributed by atoms with Gasteiger partial charge in [-0.1, -0.05) is 0 Å². The number of sulfone groups is 1. The van der Waals surface area contributed by atoms with Gasteiger partial charge in [-0.25, -0.2) is 13.2 Å². The first-order valence-corrected chi connectivity index (χ1v) is 6.18. The van der Waals surface area contributed by atoms with E-state index >= 15 is 0 Å². The number of carboxylic acid groups (broad SMARTS) is 1. The highest BCUT2D eigenvalue weighted by Gasteiger charge is 2.25. The zero-order chi connectivity index (χ0) is 12.9. The highest BCUT2D eigenvalue weighted by Crippen LogP contribution is 1.99. The van der Waals surface area contributed by atoms with E-state index in [0.717, 1.165) is 6.26 Å². The maximum atomic E-state index is 11.8. The van der Waals surface area contributed by atoms with Crippen molar-refractivity contribution in [1.29, 1.82) is 0 Å². The number of hydrogen-bond donors (Lipinski definition) is 2. The van der Waals surface area contributed by atoms with Crippen LogP contribution < -0.4 is 5.32 Å². The van der Waals surface area contributed by atoms with Gasteiger partial charge >= 0.3 is 12.4 Å². The number of hydrogen-bond acceptors (Lipinski definition) is 4. The molecule has 0 bridgehead atoms. The summed E-state index contributed by atoms with van der Waals surface area (Å²) in [6.07, 6.45) is -2.91. The largest absolute Gasteiger partial charge is 0.480 e. The normalized spacial score (nSPS) is 13.5. The van der Waals surface area contributed by atoms with Crippen LogP contribution in [-0.4, -0.2) is 49.9 Å². The Balaban J connectivity index is 4.41. The van der Waals surface area contributed by atoms with Crippen molar-refractivity contribution in [3.63, 3.8) is 0 Å². The van der Waals surface area contributed by atoms with Crippen molar-refractivity contribution in [2.45, 2.75) is 18.9 Å². The van der Waals surface area contributed by atoms with Crippen LogP contribution in [0.1, 0.15) is 6.42 Å². The molecule has 9 heteroatoms. The summed E-state index contributed by atoms with van der Waals surface area (Å²) in [6.45, 7) is 0. The lowest BCUT2D eigenvalue weighted by Gasteiger charge is -2.13. The van der Waals surface area contributed by atoms with Gasteiger partial charge in [0.25, 0.3) is 5.91 Å². The number of halogens is 2. The van der Waals surface area contributed by atoms with Crippen LogP contribution in [0.3, 0.4) is 0 Å². The quantitative estimate of drug-likeness (QED) is 0.654. The summed E-state index contributed by atoms with van der Waals surface area (Å²) >= 11 is 0. The van der Waals surface area contributed by atoms with Crippen molar-refractivity contribution >= 4 is 21.7 Å². The Bertz CT molecular complexity index is 367. The van der Waals surface area contributed by atoms with Gasteiger partial charge < -0.3 is 10.4 Å². The summed E-state index contributed by atoms with van der Waals surface area (Å²) in [5, 5.41) is 10.1. The Morgan fingerprint density at radius 2 is 1.88 bits per heavy atom. The van der Waals surface area contributed by atoms with E-state index in [9.17, 15) is 26.8 Å². The average molecular weight is 259 g/mol. The van der Waals surface area contributed by atoms with Crippen molar-refractivity contribution in [3.8, 4) is 0 Å². The summed E-state index contributed by atoms with van der Waals surface area (Å²) in [4.78, 5) is 21.0. The molecule has 1 amide bonds. The highest BCUT2D eigenvalue weighted by atomic mass is 32.2. The minimum atomic E-state index is -3.41. The molecule has 94 valence electrons. The number of carbonyl (C=O) groups excluding carboxylic acids is 1. The lowest BCUT2D eigenvalue weighted by atomic mass is 10.2. The van der Waals surface area contributed by atoms with Crippen LogP contribution in [0.15, 0.2) is 0 Å². The second-order valence-electron chi connectivity index (χ2n) is 3.12. The first-order valence-electron chi connectivity index (χ1n) is 4.12. The Labute approximate surface area is 90.6 Å². The second kappa shape index (κ2) is 5.73. The van der Waals surface area contributed by atoms with Crippen molar-refractivity contribution in [2.75, 3.05) is 12.0 Å². The standard InChI is InChI=1S/C7H11F2NO5S/c1-16(14,15)3-2-4(7(12)13)10-6(11)5(8)9/h4-5H,2-3H2,1H3,(H,10,11)(H,12,13). The van der Waals surface area contributed by atoms with Gasteiger partial charge in [-0.2, -0.15) is 8.78 Å². The summed E-state index contributed by atoms with van der Waals surface area (Å²) in [5.41, 5.74) is 0. The Morgan fingerprint density at radius 1 is 1.38 bits per heavy atom. The fraction of sp³-hybridized carbons (Fsp3) is 0.714. The third-order valence-electron chi connectivity index (χ3n) is 1.59. The zero-order valence-electron chi connectivity index (χ0n) is 8.31. The number of carboxylic acids is 1. The molecule has 0 aliphatic heterocycles. The Hall–Kier alpha value is -1.25. The predicted octanol–water partition coefficient (Wildman–Crippen LogP) is -0.744. The van der Waals surface area contributed by atoms with Crippen molar-refractivity contribution in [3.05, 3.63) is 0 Å². The first kappa shape index (κ1) is 14.8. The van der Waals surface area contributed by atoms with E-state index in [1.54, 1.807) is 0 Å². The molecule has 0 spiro atoms. The van der Waals surface area contributed by atoms with Crippen LogP contribution in [0.25, 0.3) is 0 Å². The lowest BCUT2D eigenvalue weighted by molar-refractivity contribution is -0.144. The van der Waals surface area contributed by atoms with Gasteiger partial charge in [0, 0.05) is 6.26 Å². The molecular weight excluding hydrogens is 248 g/mol. The molecule has 16 heavy (non-hydrogen) atoms. The number of carbonyl (C=O) groups is 2. The minimum absolute atomic E-state index is 0.452. The van der Waals surface area contributed by atoms with E-state index < -0.39 is 46.4 Å². The van der Waals surface area contributed by atoms with Gasteiger partial charge in [0.1, 0.15) is 15.9 Å². The van der Waals surface area contributed by atoms with Gasteiger partial charge in [0.15, 0.2) is 0 Å². The number of amides is 1. The highest BCUT2D eigenvalue weighted by molar-refractivity contribution is 7.90. The molecule has 0 aromatic carbocycles. The number of rotatable bonds is 6. The molecule has 0 aliphatic carbocycles. The number of alkyl halides is 2. The lowest BCUT2D eigenvalue weighted by Crippen LogP contribution is -2.44. The van der Waals surface area contributed by atoms with Crippen LogP contribution in [0, 0.1) is 0 Å². The monoisotopic (exact) mass is 259 g/mol. The fourth-order valence-corrected chi connectivity index (χ4v) is 1.49. The van der Waals surface area contributed by atoms with Gasteiger partial charge in [-0.15, -0.1) is 0 Å². The topological polar surface area (TPSA) is 101 Å². The van der Waals surface area contributed by atoms with Crippen LogP contribution >= 0.6 is 0 Å². The van der Waals surface area contributed by atoms with Crippen LogP contribution in [0.4, 0.5) is 8.78 Å².